The molecule has 0 saturated heterocycles. The lowest BCUT2D eigenvalue weighted by atomic mass is 10.1. The van der Waals surface area contributed by atoms with E-state index in [2.05, 4.69) is 9.97 Å². The van der Waals surface area contributed by atoms with Crippen molar-refractivity contribution >= 4 is 10.9 Å². The summed E-state index contributed by atoms with van der Waals surface area (Å²) in [4.78, 5) is 8.16. The maximum absolute atomic E-state index is 9.54. The Kier molecular flexibility index (Phi) is 2.28. The SMILES string of the molecule is NCCc1ncnc2c(O)cccc12. The molecule has 0 fully saturated rings. The highest BCUT2D eigenvalue weighted by Gasteiger charge is 2.05. The maximum atomic E-state index is 9.54. The molecule has 1 aromatic heterocycles. The molecule has 1 aromatic carbocycles. The van der Waals surface area contributed by atoms with Gasteiger partial charge in [-0.1, -0.05) is 12.1 Å². The molecule has 0 bridgehead atoms. The van der Waals surface area contributed by atoms with Gasteiger partial charge in [-0.25, -0.2) is 9.97 Å². The predicted octanol–water partition coefficient (Wildman–Crippen LogP) is 0.837. The number of hydrogen-bond donors (Lipinski definition) is 2. The van der Waals surface area contributed by atoms with E-state index in [-0.39, 0.29) is 5.75 Å². The largest absolute Gasteiger partial charge is 0.506 e. The Morgan fingerprint density at radius 1 is 1.29 bits per heavy atom. The lowest BCUT2D eigenvalue weighted by molar-refractivity contribution is 0.480. The highest BCUT2D eigenvalue weighted by atomic mass is 16.3. The summed E-state index contributed by atoms with van der Waals surface area (Å²) in [5, 5.41) is 10.4. The van der Waals surface area contributed by atoms with Gasteiger partial charge in [0.2, 0.25) is 0 Å². The lowest BCUT2D eigenvalue weighted by Crippen LogP contribution is -2.05. The van der Waals surface area contributed by atoms with Crippen LogP contribution >= 0.6 is 0 Å². The fourth-order valence-electron chi connectivity index (χ4n) is 1.46. The summed E-state index contributed by atoms with van der Waals surface area (Å²) in [5.74, 6) is 0.183. The number of fused-ring (bicyclic) bond motifs is 1. The van der Waals surface area contributed by atoms with Gasteiger partial charge in [-0.05, 0) is 12.6 Å². The van der Waals surface area contributed by atoms with E-state index < -0.39 is 0 Å². The van der Waals surface area contributed by atoms with E-state index in [1.165, 1.54) is 6.33 Å². The van der Waals surface area contributed by atoms with Gasteiger partial charge in [0.25, 0.3) is 0 Å². The van der Waals surface area contributed by atoms with Crippen LogP contribution in [0.1, 0.15) is 5.69 Å². The van der Waals surface area contributed by atoms with E-state index in [1.807, 2.05) is 6.07 Å². The maximum Gasteiger partial charge on any atom is 0.141 e. The lowest BCUT2D eigenvalue weighted by Gasteiger charge is -2.03. The Morgan fingerprint density at radius 2 is 2.14 bits per heavy atom. The van der Waals surface area contributed by atoms with E-state index in [4.69, 9.17) is 5.73 Å². The molecule has 2 aromatic rings. The van der Waals surface area contributed by atoms with Crippen LogP contribution in [0.2, 0.25) is 0 Å². The molecule has 3 N–H and O–H groups in total. The minimum absolute atomic E-state index is 0.183. The zero-order chi connectivity index (χ0) is 9.97. The number of aromatic nitrogens is 2. The normalized spacial score (nSPS) is 10.6. The average molecular weight is 189 g/mol. The number of phenols is 1. The van der Waals surface area contributed by atoms with Crippen LogP contribution in [0, 0.1) is 0 Å². The van der Waals surface area contributed by atoms with Crippen molar-refractivity contribution in [1.82, 2.24) is 9.97 Å². The number of aromatic hydroxyl groups is 1. The Bertz CT molecular complexity index is 456. The van der Waals surface area contributed by atoms with Crippen LogP contribution in [0.5, 0.6) is 5.75 Å². The first-order chi connectivity index (χ1) is 6.83. The van der Waals surface area contributed by atoms with Crippen molar-refractivity contribution in [2.24, 2.45) is 5.73 Å². The van der Waals surface area contributed by atoms with Crippen molar-refractivity contribution in [2.45, 2.75) is 6.42 Å². The molecule has 0 amide bonds. The molecule has 72 valence electrons. The van der Waals surface area contributed by atoms with Crippen LogP contribution in [-0.4, -0.2) is 21.6 Å². The molecule has 0 atom stereocenters. The zero-order valence-corrected chi connectivity index (χ0v) is 7.64. The quantitative estimate of drug-likeness (QED) is 0.734. The van der Waals surface area contributed by atoms with Gasteiger partial charge in [0, 0.05) is 11.8 Å². The molecule has 0 radical (unpaired) electrons. The number of rotatable bonds is 2. The van der Waals surface area contributed by atoms with Gasteiger partial charge in [-0.15, -0.1) is 0 Å². The Hall–Kier alpha value is -1.68. The Labute approximate surface area is 81.4 Å². The predicted molar refractivity (Wildman–Crippen MR) is 54.0 cm³/mol. The van der Waals surface area contributed by atoms with Gasteiger partial charge in [0.15, 0.2) is 0 Å². The molecule has 0 unspecified atom stereocenters. The number of benzene rings is 1. The second-order valence-corrected chi connectivity index (χ2v) is 3.03. The second kappa shape index (κ2) is 3.59. The number of para-hydroxylation sites is 1. The van der Waals surface area contributed by atoms with Crippen LogP contribution in [-0.2, 0) is 6.42 Å². The monoisotopic (exact) mass is 189 g/mol. The summed E-state index contributed by atoms with van der Waals surface area (Å²) < 4.78 is 0. The average Bonchev–Trinajstić information content (AvgIpc) is 2.20. The topological polar surface area (TPSA) is 72.0 Å². The minimum atomic E-state index is 0.183. The van der Waals surface area contributed by atoms with Crippen molar-refractivity contribution in [3.8, 4) is 5.75 Å². The van der Waals surface area contributed by atoms with Gasteiger partial charge in [-0.3, -0.25) is 0 Å². The summed E-state index contributed by atoms with van der Waals surface area (Å²) in [5.41, 5.74) is 6.94. The first kappa shape index (κ1) is 8.90. The van der Waals surface area contributed by atoms with E-state index in [0.717, 1.165) is 11.1 Å². The first-order valence-corrected chi connectivity index (χ1v) is 4.44. The summed E-state index contributed by atoms with van der Waals surface area (Å²) in [6.07, 6.45) is 2.15. The fourth-order valence-corrected chi connectivity index (χ4v) is 1.46. The number of phenolic OH excluding ortho intramolecular Hbond substituents is 1. The van der Waals surface area contributed by atoms with Crippen molar-refractivity contribution in [1.29, 1.82) is 0 Å². The third-order valence-corrected chi connectivity index (χ3v) is 2.11. The van der Waals surface area contributed by atoms with Crippen molar-refractivity contribution in [2.75, 3.05) is 6.54 Å². The van der Waals surface area contributed by atoms with Gasteiger partial charge in [0.1, 0.15) is 17.6 Å². The Morgan fingerprint density at radius 3 is 2.93 bits per heavy atom. The summed E-state index contributed by atoms with van der Waals surface area (Å²) in [7, 11) is 0. The highest BCUT2D eigenvalue weighted by molar-refractivity contribution is 5.85. The molecular weight excluding hydrogens is 178 g/mol. The zero-order valence-electron chi connectivity index (χ0n) is 7.64. The molecular formula is C10H11N3O. The van der Waals surface area contributed by atoms with Crippen molar-refractivity contribution in [3.63, 3.8) is 0 Å². The molecule has 2 rings (SSSR count). The smallest absolute Gasteiger partial charge is 0.141 e. The number of nitrogens with two attached hydrogens (primary N) is 1. The summed E-state index contributed by atoms with van der Waals surface area (Å²) in [6.45, 7) is 0.543. The van der Waals surface area contributed by atoms with Crippen LogP contribution in [0.3, 0.4) is 0 Å². The van der Waals surface area contributed by atoms with Gasteiger partial charge in [0.05, 0.1) is 5.69 Å². The van der Waals surface area contributed by atoms with Crippen LogP contribution in [0.15, 0.2) is 24.5 Å². The molecule has 4 heteroatoms. The van der Waals surface area contributed by atoms with E-state index in [9.17, 15) is 5.11 Å². The molecule has 0 saturated carbocycles. The van der Waals surface area contributed by atoms with Crippen LogP contribution < -0.4 is 5.73 Å². The molecule has 14 heavy (non-hydrogen) atoms. The van der Waals surface area contributed by atoms with E-state index in [1.54, 1.807) is 12.1 Å². The third-order valence-electron chi connectivity index (χ3n) is 2.11. The fraction of sp³-hybridized carbons (Fsp3) is 0.200. The van der Waals surface area contributed by atoms with Gasteiger partial charge in [-0.2, -0.15) is 0 Å². The third kappa shape index (κ3) is 1.40. The highest BCUT2D eigenvalue weighted by Crippen LogP contribution is 2.23. The molecule has 1 heterocycles. The second-order valence-electron chi connectivity index (χ2n) is 3.03. The standard InChI is InChI=1S/C10H11N3O/c11-5-4-8-7-2-1-3-9(14)10(7)13-6-12-8/h1-3,6,14H,4-5,11H2. The minimum Gasteiger partial charge on any atom is -0.506 e. The molecule has 0 spiro atoms. The molecule has 4 nitrogen and oxygen atoms in total. The number of hydrogen-bond acceptors (Lipinski definition) is 4. The summed E-state index contributed by atoms with van der Waals surface area (Å²) >= 11 is 0. The van der Waals surface area contributed by atoms with Crippen molar-refractivity contribution < 1.29 is 5.11 Å². The van der Waals surface area contributed by atoms with Crippen LogP contribution in [0.4, 0.5) is 0 Å². The van der Waals surface area contributed by atoms with E-state index >= 15 is 0 Å². The number of nitrogens with zero attached hydrogens (tertiary/aromatic N) is 2. The van der Waals surface area contributed by atoms with Crippen LogP contribution in [0.25, 0.3) is 10.9 Å². The van der Waals surface area contributed by atoms with E-state index in [0.29, 0.717) is 18.5 Å². The Balaban J connectivity index is 2.68. The van der Waals surface area contributed by atoms with Gasteiger partial charge >= 0.3 is 0 Å². The van der Waals surface area contributed by atoms with Crippen molar-refractivity contribution in [3.05, 3.63) is 30.2 Å². The molecule has 0 aliphatic carbocycles. The molecule has 0 aliphatic rings. The van der Waals surface area contributed by atoms with Gasteiger partial charge < -0.3 is 10.8 Å². The summed E-state index contributed by atoms with van der Waals surface area (Å²) in [6, 6.07) is 5.28. The first-order valence-electron chi connectivity index (χ1n) is 4.44. The molecule has 0 aliphatic heterocycles.